The van der Waals surface area contributed by atoms with Crippen LogP contribution in [0.1, 0.15) is 85.1 Å². The van der Waals surface area contributed by atoms with Crippen LogP contribution in [-0.2, 0) is 20.8 Å². The maximum absolute atomic E-state index is 14.0. The van der Waals surface area contributed by atoms with Gasteiger partial charge in [0, 0.05) is 44.2 Å². The van der Waals surface area contributed by atoms with E-state index in [-0.39, 0.29) is 41.5 Å². The number of hydrogen-bond acceptors (Lipinski definition) is 5. The lowest BCUT2D eigenvalue weighted by Gasteiger charge is -2.48. The summed E-state index contributed by atoms with van der Waals surface area (Å²) in [7, 11) is 0. The Kier molecular flexibility index (Phi) is 10.7. The first kappa shape index (κ1) is 32.4. The topological polar surface area (TPSA) is 103 Å². The SMILES string of the molecule is CC(C)C1CNC[C@H](C(=O)N[C@H](Cc2ccc(F)cc2)C(=O)N2CCC(C(=O)NC(C)(C)C)(C3CCCCC3)CC2)N1. The monoisotopic (exact) mass is 585 g/mol. The Bertz CT molecular complexity index is 1070. The van der Waals surface area contributed by atoms with E-state index >= 15 is 0 Å². The van der Waals surface area contributed by atoms with Crippen molar-refractivity contribution in [1.82, 2.24) is 26.2 Å². The number of nitrogens with zero attached hydrogens (tertiary/aromatic N) is 1. The minimum Gasteiger partial charge on any atom is -0.351 e. The standard InChI is InChI=1S/C33H52FN5O3/c1-22(2)27-20-35-21-28(36-27)29(40)37-26(19-23-11-13-25(34)14-12-23)30(41)39-17-15-33(16-18-39,24-9-7-6-8-10-24)31(42)38-32(3,4)5/h11-14,22,24,26-28,35-36H,6-10,15-21H2,1-5H3,(H,37,40)(H,38,42)/t26-,27?,28-/m1/s1. The molecule has 3 amide bonds. The Hall–Kier alpha value is -2.52. The van der Waals surface area contributed by atoms with E-state index in [0.29, 0.717) is 44.3 Å². The second-order valence-corrected chi connectivity index (χ2v) is 14.1. The highest BCUT2D eigenvalue weighted by Gasteiger charge is 2.49. The number of carbonyl (C=O) groups excluding carboxylic acids is 3. The largest absolute Gasteiger partial charge is 0.351 e. The van der Waals surface area contributed by atoms with Gasteiger partial charge < -0.3 is 26.2 Å². The van der Waals surface area contributed by atoms with Crippen LogP contribution in [0.25, 0.3) is 0 Å². The number of piperidine rings is 1. The molecule has 42 heavy (non-hydrogen) atoms. The minimum absolute atomic E-state index is 0.112. The van der Waals surface area contributed by atoms with Crippen molar-refractivity contribution in [1.29, 1.82) is 0 Å². The highest BCUT2D eigenvalue weighted by Crippen LogP contribution is 2.46. The predicted octanol–water partition coefficient (Wildman–Crippen LogP) is 3.54. The van der Waals surface area contributed by atoms with E-state index in [0.717, 1.165) is 37.8 Å². The van der Waals surface area contributed by atoms with Gasteiger partial charge in [0.25, 0.3) is 0 Å². The van der Waals surface area contributed by atoms with Gasteiger partial charge in [0.1, 0.15) is 11.9 Å². The molecule has 0 aromatic heterocycles. The van der Waals surface area contributed by atoms with Crippen LogP contribution in [0.2, 0.25) is 0 Å². The summed E-state index contributed by atoms with van der Waals surface area (Å²) in [5.74, 6) is 0.0846. The molecule has 1 aromatic rings. The van der Waals surface area contributed by atoms with Gasteiger partial charge in [-0.15, -0.1) is 0 Å². The van der Waals surface area contributed by atoms with E-state index in [2.05, 4.69) is 35.1 Å². The number of halogens is 1. The summed E-state index contributed by atoms with van der Waals surface area (Å²) in [6.45, 7) is 12.5. The molecule has 1 unspecified atom stereocenters. The third-order valence-electron chi connectivity index (χ3n) is 9.51. The van der Waals surface area contributed by atoms with Gasteiger partial charge in [0.2, 0.25) is 17.7 Å². The fourth-order valence-corrected chi connectivity index (χ4v) is 6.97. The number of rotatable bonds is 8. The maximum atomic E-state index is 14.0. The summed E-state index contributed by atoms with van der Waals surface area (Å²) in [6, 6.07) is 5.02. The van der Waals surface area contributed by atoms with Crippen molar-refractivity contribution in [3.63, 3.8) is 0 Å². The highest BCUT2D eigenvalue weighted by atomic mass is 19.1. The van der Waals surface area contributed by atoms with E-state index in [9.17, 15) is 18.8 Å². The van der Waals surface area contributed by atoms with Crippen molar-refractivity contribution in [2.24, 2.45) is 17.3 Å². The van der Waals surface area contributed by atoms with E-state index in [1.807, 2.05) is 25.7 Å². The molecule has 4 rings (SSSR count). The van der Waals surface area contributed by atoms with Crippen molar-refractivity contribution >= 4 is 17.7 Å². The average Bonchev–Trinajstić information content (AvgIpc) is 2.97. The zero-order chi connectivity index (χ0) is 30.5. The first-order valence-electron chi connectivity index (χ1n) is 16.0. The molecule has 2 saturated heterocycles. The van der Waals surface area contributed by atoms with Crippen molar-refractivity contribution in [2.45, 2.75) is 110 Å². The lowest BCUT2D eigenvalue weighted by atomic mass is 9.63. The molecule has 1 aliphatic carbocycles. The number of benzene rings is 1. The van der Waals surface area contributed by atoms with Gasteiger partial charge in [-0.3, -0.25) is 14.4 Å². The minimum atomic E-state index is -0.783. The van der Waals surface area contributed by atoms with Gasteiger partial charge in [-0.25, -0.2) is 4.39 Å². The first-order chi connectivity index (χ1) is 19.9. The fourth-order valence-electron chi connectivity index (χ4n) is 6.97. The maximum Gasteiger partial charge on any atom is 0.245 e. The second kappa shape index (κ2) is 13.8. The van der Waals surface area contributed by atoms with E-state index < -0.39 is 17.5 Å². The predicted molar refractivity (Wildman–Crippen MR) is 163 cm³/mol. The quantitative estimate of drug-likeness (QED) is 0.374. The number of likely N-dealkylation sites (tertiary alicyclic amines) is 1. The van der Waals surface area contributed by atoms with Crippen LogP contribution in [0.5, 0.6) is 0 Å². The summed E-state index contributed by atoms with van der Waals surface area (Å²) >= 11 is 0. The molecule has 3 aliphatic rings. The third kappa shape index (κ3) is 8.10. The number of nitrogens with one attached hydrogen (secondary N) is 4. The van der Waals surface area contributed by atoms with Crippen LogP contribution in [0.4, 0.5) is 4.39 Å². The van der Waals surface area contributed by atoms with Crippen LogP contribution < -0.4 is 21.3 Å². The number of piperazine rings is 1. The number of carbonyl (C=O) groups is 3. The molecule has 1 aromatic carbocycles. The molecule has 4 N–H and O–H groups in total. The third-order valence-corrected chi connectivity index (χ3v) is 9.51. The fraction of sp³-hybridized carbons (Fsp3) is 0.727. The zero-order valence-corrected chi connectivity index (χ0v) is 26.2. The van der Waals surface area contributed by atoms with Crippen LogP contribution in [-0.4, -0.2) is 72.5 Å². The lowest BCUT2D eigenvalue weighted by Crippen LogP contribution is -2.64. The van der Waals surface area contributed by atoms with Crippen LogP contribution in [0.3, 0.4) is 0 Å². The molecule has 8 nitrogen and oxygen atoms in total. The molecule has 0 radical (unpaired) electrons. The molecule has 9 heteroatoms. The molecular weight excluding hydrogens is 533 g/mol. The summed E-state index contributed by atoms with van der Waals surface area (Å²) in [4.78, 5) is 43.1. The summed E-state index contributed by atoms with van der Waals surface area (Å²) in [5, 5.41) is 13.1. The summed E-state index contributed by atoms with van der Waals surface area (Å²) in [5.41, 5.74) is -0.0285. The summed E-state index contributed by atoms with van der Waals surface area (Å²) < 4.78 is 13.6. The van der Waals surface area contributed by atoms with E-state index in [1.165, 1.54) is 18.6 Å². The molecule has 0 bridgehead atoms. The molecule has 0 spiro atoms. The van der Waals surface area contributed by atoms with Gasteiger partial charge in [-0.05, 0) is 76.0 Å². The summed E-state index contributed by atoms with van der Waals surface area (Å²) in [6.07, 6.45) is 7.11. The average molecular weight is 586 g/mol. The molecule has 3 fully saturated rings. The number of hydrogen-bond donors (Lipinski definition) is 4. The van der Waals surface area contributed by atoms with Gasteiger partial charge >= 0.3 is 0 Å². The molecule has 3 atom stereocenters. The van der Waals surface area contributed by atoms with Crippen LogP contribution in [0, 0.1) is 23.1 Å². The lowest BCUT2D eigenvalue weighted by molar-refractivity contribution is -0.147. The Morgan fingerprint density at radius 1 is 1.02 bits per heavy atom. The molecule has 234 valence electrons. The smallest absolute Gasteiger partial charge is 0.245 e. The van der Waals surface area contributed by atoms with Crippen LogP contribution >= 0.6 is 0 Å². The van der Waals surface area contributed by atoms with E-state index in [4.69, 9.17) is 0 Å². The molecule has 2 heterocycles. The van der Waals surface area contributed by atoms with Crippen molar-refractivity contribution in [2.75, 3.05) is 26.2 Å². The highest BCUT2D eigenvalue weighted by molar-refractivity contribution is 5.90. The zero-order valence-electron chi connectivity index (χ0n) is 26.2. The van der Waals surface area contributed by atoms with Gasteiger partial charge in [0.05, 0.1) is 11.5 Å². The van der Waals surface area contributed by atoms with Gasteiger partial charge in [0.15, 0.2) is 0 Å². The van der Waals surface area contributed by atoms with Gasteiger partial charge in [-0.1, -0.05) is 45.2 Å². The van der Waals surface area contributed by atoms with Crippen molar-refractivity contribution < 1.29 is 18.8 Å². The molecular formula is C33H52FN5O3. The Morgan fingerprint density at radius 2 is 1.67 bits per heavy atom. The Labute approximate surface area is 251 Å². The van der Waals surface area contributed by atoms with Crippen molar-refractivity contribution in [3.05, 3.63) is 35.6 Å². The molecule has 2 aliphatic heterocycles. The second-order valence-electron chi connectivity index (χ2n) is 14.1. The number of amides is 3. The Balaban J connectivity index is 1.50. The van der Waals surface area contributed by atoms with Gasteiger partial charge in [-0.2, -0.15) is 0 Å². The molecule has 1 saturated carbocycles. The first-order valence-corrected chi connectivity index (χ1v) is 16.0. The van der Waals surface area contributed by atoms with E-state index in [1.54, 1.807) is 12.1 Å². The van der Waals surface area contributed by atoms with Crippen molar-refractivity contribution in [3.8, 4) is 0 Å². The van der Waals surface area contributed by atoms with Crippen LogP contribution in [0.15, 0.2) is 24.3 Å². The normalized spacial score (nSPS) is 24.2. The Morgan fingerprint density at radius 3 is 2.26 bits per heavy atom.